The molecule has 47 heavy (non-hydrogen) atoms. The van der Waals surface area contributed by atoms with E-state index in [9.17, 15) is 13.8 Å². The Morgan fingerprint density at radius 2 is 1.91 bits per heavy atom. The predicted octanol–water partition coefficient (Wildman–Crippen LogP) is 6.94. The molecule has 0 spiro atoms. The molecule has 0 bridgehead atoms. The number of ether oxygens (including phenoxy) is 3. The molecule has 4 unspecified atom stereocenters. The highest BCUT2D eigenvalue weighted by molar-refractivity contribution is 7.83. The minimum atomic E-state index is -1.69. The van der Waals surface area contributed by atoms with Gasteiger partial charge in [0, 0.05) is 39.0 Å². The summed E-state index contributed by atoms with van der Waals surface area (Å²) in [6.45, 7) is 16.7. The normalized spacial score (nSPS) is 17.6. The summed E-state index contributed by atoms with van der Waals surface area (Å²) in [6, 6.07) is 12.1. The first-order valence-electron chi connectivity index (χ1n) is 16.7. The van der Waals surface area contributed by atoms with Crippen molar-refractivity contribution in [3.05, 3.63) is 65.2 Å². The molecule has 0 fully saturated rings. The smallest absolute Gasteiger partial charge is 0.410 e. The highest BCUT2D eigenvalue weighted by atomic mass is 32.2. The molecule has 0 radical (unpaired) electrons. The fraction of sp³-hybridized carbons (Fsp3) is 0.568. The number of aryl methyl sites for hydroxylation is 2. The number of amides is 2. The van der Waals surface area contributed by atoms with Crippen LogP contribution in [0.1, 0.15) is 83.4 Å². The monoisotopic (exact) mass is 669 g/mol. The Balaban J connectivity index is 2.00. The number of nitrogens with one attached hydrogen (secondary N) is 1. The number of fused-ring (bicyclic) bond motifs is 1. The van der Waals surface area contributed by atoms with Crippen molar-refractivity contribution in [1.29, 1.82) is 0 Å². The van der Waals surface area contributed by atoms with E-state index in [-0.39, 0.29) is 17.4 Å². The zero-order valence-corrected chi connectivity index (χ0v) is 30.6. The Morgan fingerprint density at radius 1 is 1.17 bits per heavy atom. The molecule has 4 atom stereocenters. The molecule has 1 N–H and O–H groups in total. The molecule has 2 aromatic rings. The quantitative estimate of drug-likeness (QED) is 0.162. The topological polar surface area (TPSA) is 97.4 Å². The van der Waals surface area contributed by atoms with Gasteiger partial charge in [-0.1, -0.05) is 50.1 Å². The van der Waals surface area contributed by atoms with E-state index in [0.29, 0.717) is 49.8 Å². The van der Waals surface area contributed by atoms with E-state index in [4.69, 9.17) is 14.2 Å². The Morgan fingerprint density at radius 3 is 2.55 bits per heavy atom. The number of carbonyl (C=O) groups excluding carboxylic acids is 2. The van der Waals surface area contributed by atoms with Crippen molar-refractivity contribution in [3.8, 4) is 5.75 Å². The van der Waals surface area contributed by atoms with Crippen LogP contribution in [-0.2, 0) is 31.7 Å². The van der Waals surface area contributed by atoms with E-state index in [1.54, 1.807) is 20.2 Å². The molecule has 2 amide bonds. The van der Waals surface area contributed by atoms with Gasteiger partial charge >= 0.3 is 6.09 Å². The molecule has 260 valence electrons. The molecule has 0 aliphatic carbocycles. The van der Waals surface area contributed by atoms with Crippen molar-refractivity contribution in [1.82, 2.24) is 9.62 Å². The van der Waals surface area contributed by atoms with Gasteiger partial charge in [0.05, 0.1) is 29.4 Å². The van der Waals surface area contributed by atoms with Crippen LogP contribution in [0.25, 0.3) is 0 Å². The Labute approximate surface area is 284 Å². The number of rotatable bonds is 15. The van der Waals surface area contributed by atoms with E-state index in [1.165, 1.54) is 21.6 Å². The van der Waals surface area contributed by atoms with Crippen LogP contribution >= 0.6 is 0 Å². The summed E-state index contributed by atoms with van der Waals surface area (Å²) in [4.78, 5) is 28.2. The third-order valence-electron chi connectivity index (χ3n) is 8.56. The van der Waals surface area contributed by atoms with Crippen LogP contribution in [0.5, 0.6) is 5.75 Å². The standard InChI is InChI=1S/C37H55N3O6S/c1-10-13-28-22-27(3)14-16-32(28)29-24-40(33-23-31(47(43)38-26-41)15-17-34(33)44-25-29)20-18-30(11-2)37(7,46-35(42)39(8)9)19-12-21-45-36(4,5)6/h12,14-17,19,22-23,26,29-30H,10-11,13,18,20-21,24-25H2,1-9H3,(H,38,41)/b19-12+. The lowest BCUT2D eigenvalue weighted by Crippen LogP contribution is -2.42. The second-order valence-corrected chi connectivity index (χ2v) is 15.0. The van der Waals surface area contributed by atoms with Crippen molar-refractivity contribution in [2.45, 2.75) is 96.2 Å². The fourth-order valence-electron chi connectivity index (χ4n) is 6.04. The van der Waals surface area contributed by atoms with Gasteiger partial charge in [0.15, 0.2) is 11.0 Å². The van der Waals surface area contributed by atoms with Gasteiger partial charge in [-0.25, -0.2) is 9.00 Å². The van der Waals surface area contributed by atoms with E-state index in [1.807, 2.05) is 52.0 Å². The highest BCUT2D eigenvalue weighted by Crippen LogP contribution is 2.39. The molecular weight excluding hydrogens is 614 g/mol. The molecule has 2 aromatic carbocycles. The Hall–Kier alpha value is -3.37. The lowest BCUT2D eigenvalue weighted by molar-refractivity contribution is -0.108. The summed E-state index contributed by atoms with van der Waals surface area (Å²) in [6.07, 6.45) is 7.46. The van der Waals surface area contributed by atoms with Crippen molar-refractivity contribution in [3.63, 3.8) is 0 Å². The first-order chi connectivity index (χ1) is 22.2. The van der Waals surface area contributed by atoms with Gasteiger partial charge in [0.1, 0.15) is 11.4 Å². The lowest BCUT2D eigenvalue weighted by atomic mass is 9.83. The maximum atomic E-state index is 12.9. The van der Waals surface area contributed by atoms with E-state index >= 15 is 0 Å². The molecule has 0 aromatic heterocycles. The van der Waals surface area contributed by atoms with Crippen molar-refractivity contribution in [2.75, 3.05) is 45.3 Å². The molecule has 1 aliphatic heterocycles. The van der Waals surface area contributed by atoms with Gasteiger partial charge in [-0.3, -0.25) is 9.52 Å². The van der Waals surface area contributed by atoms with Crippen LogP contribution in [-0.4, -0.2) is 73.2 Å². The average molecular weight is 670 g/mol. The number of carbonyl (C=O) groups is 2. The molecule has 1 aliphatic rings. The van der Waals surface area contributed by atoms with Crippen LogP contribution in [0.3, 0.4) is 0 Å². The lowest BCUT2D eigenvalue weighted by Gasteiger charge is -2.37. The predicted molar refractivity (Wildman–Crippen MR) is 189 cm³/mol. The fourth-order valence-corrected chi connectivity index (χ4v) is 6.67. The van der Waals surface area contributed by atoms with Gasteiger partial charge in [0.2, 0.25) is 6.41 Å². The van der Waals surface area contributed by atoms with Gasteiger partial charge < -0.3 is 24.0 Å². The summed E-state index contributed by atoms with van der Waals surface area (Å²) < 4.78 is 33.7. The number of nitrogens with zero attached hydrogens (tertiary/aromatic N) is 2. The number of benzene rings is 2. The molecule has 0 saturated heterocycles. The van der Waals surface area contributed by atoms with Crippen LogP contribution in [0.15, 0.2) is 53.4 Å². The van der Waals surface area contributed by atoms with Gasteiger partial charge in [-0.05, 0) is 89.3 Å². The van der Waals surface area contributed by atoms with Crippen LogP contribution < -0.4 is 14.4 Å². The Bertz CT molecular complexity index is 1400. The number of hydrogen-bond donors (Lipinski definition) is 1. The van der Waals surface area contributed by atoms with E-state index in [2.05, 4.69) is 48.6 Å². The van der Waals surface area contributed by atoms with Crippen molar-refractivity contribution >= 4 is 29.2 Å². The molecule has 10 heteroatoms. The molecular formula is C37H55N3O6S. The van der Waals surface area contributed by atoms with Gasteiger partial charge in [-0.15, -0.1) is 0 Å². The molecule has 1 heterocycles. The molecule has 3 rings (SSSR count). The van der Waals surface area contributed by atoms with Gasteiger partial charge in [0.25, 0.3) is 0 Å². The van der Waals surface area contributed by atoms with Crippen LogP contribution in [0, 0.1) is 12.8 Å². The highest BCUT2D eigenvalue weighted by Gasteiger charge is 2.36. The third-order valence-corrected chi connectivity index (χ3v) is 9.56. The van der Waals surface area contributed by atoms with Gasteiger partial charge in [-0.2, -0.15) is 0 Å². The number of anilines is 1. The Kier molecular flexibility index (Phi) is 13.9. The summed E-state index contributed by atoms with van der Waals surface area (Å²) in [5, 5.41) is 0. The third kappa shape index (κ3) is 10.8. The van der Waals surface area contributed by atoms with Crippen LogP contribution in [0.2, 0.25) is 0 Å². The van der Waals surface area contributed by atoms with Crippen LogP contribution in [0.4, 0.5) is 10.5 Å². The molecule has 0 saturated carbocycles. The molecule has 9 nitrogen and oxygen atoms in total. The summed E-state index contributed by atoms with van der Waals surface area (Å²) in [5.41, 5.74) is 3.50. The summed E-state index contributed by atoms with van der Waals surface area (Å²) in [7, 11) is 1.68. The zero-order chi connectivity index (χ0) is 34.8. The minimum Gasteiger partial charge on any atom is -0.491 e. The number of hydrogen-bond acceptors (Lipinski definition) is 7. The summed E-state index contributed by atoms with van der Waals surface area (Å²) in [5.74, 6) is 0.782. The van der Waals surface area contributed by atoms with Crippen molar-refractivity contribution in [2.24, 2.45) is 5.92 Å². The maximum absolute atomic E-state index is 12.9. The maximum Gasteiger partial charge on any atom is 0.410 e. The first-order valence-corrected chi connectivity index (χ1v) is 17.8. The van der Waals surface area contributed by atoms with E-state index < -0.39 is 22.7 Å². The average Bonchev–Trinajstić information content (AvgIpc) is 3.18. The van der Waals surface area contributed by atoms with Crippen molar-refractivity contribution < 1.29 is 28.0 Å². The second-order valence-electron chi connectivity index (χ2n) is 13.7. The largest absolute Gasteiger partial charge is 0.491 e. The minimum absolute atomic E-state index is 0.0209. The first kappa shape index (κ1) is 38.1. The SMILES string of the molecule is CCCc1cc(C)ccc1C1COc2ccc(S(=O)NC=O)cc2N(CCC(CC)C(C)(/C=C/COC(C)(C)C)OC(=O)N(C)C)C1. The summed E-state index contributed by atoms with van der Waals surface area (Å²) >= 11 is 0. The van der Waals surface area contributed by atoms with E-state index in [0.717, 1.165) is 24.9 Å². The second kappa shape index (κ2) is 17.2. The zero-order valence-electron chi connectivity index (χ0n) is 29.8.